The van der Waals surface area contributed by atoms with Gasteiger partial charge in [0.25, 0.3) is 0 Å². The lowest BCUT2D eigenvalue weighted by Gasteiger charge is -2.38. The molecule has 0 aromatic heterocycles. The summed E-state index contributed by atoms with van der Waals surface area (Å²) in [6.45, 7) is 6.52. The van der Waals surface area contributed by atoms with Crippen LogP contribution in [0.15, 0.2) is 30.3 Å². The van der Waals surface area contributed by atoms with Crippen LogP contribution < -0.4 is 0 Å². The van der Waals surface area contributed by atoms with Crippen molar-refractivity contribution in [1.82, 2.24) is 4.90 Å². The number of aliphatic hydroxyl groups is 1. The van der Waals surface area contributed by atoms with E-state index in [0.29, 0.717) is 12.0 Å². The third-order valence-electron chi connectivity index (χ3n) is 3.80. The van der Waals surface area contributed by atoms with Crippen LogP contribution in [0.2, 0.25) is 0 Å². The Hall–Kier alpha value is -0.860. The summed E-state index contributed by atoms with van der Waals surface area (Å²) in [5, 5.41) is 10.1. The summed E-state index contributed by atoms with van der Waals surface area (Å²) in [6, 6.07) is 11.1. The van der Waals surface area contributed by atoms with Crippen LogP contribution in [0.4, 0.5) is 0 Å². The minimum atomic E-state index is -0.134. The molecule has 17 heavy (non-hydrogen) atoms. The third-order valence-corrected chi connectivity index (χ3v) is 3.80. The first-order valence-electron chi connectivity index (χ1n) is 6.63. The van der Waals surface area contributed by atoms with Crippen molar-refractivity contribution in [2.45, 2.75) is 38.8 Å². The molecule has 1 N–H and O–H groups in total. The van der Waals surface area contributed by atoms with Gasteiger partial charge in [0, 0.05) is 25.0 Å². The highest BCUT2D eigenvalue weighted by atomic mass is 16.3. The molecule has 2 atom stereocenters. The van der Waals surface area contributed by atoms with Crippen LogP contribution in [0, 0.1) is 5.92 Å². The predicted molar refractivity (Wildman–Crippen MR) is 71.0 cm³/mol. The van der Waals surface area contributed by atoms with E-state index in [-0.39, 0.29) is 6.10 Å². The Morgan fingerprint density at radius 3 is 2.65 bits per heavy atom. The molecule has 2 rings (SSSR count). The minimum absolute atomic E-state index is 0.134. The summed E-state index contributed by atoms with van der Waals surface area (Å²) < 4.78 is 0. The smallest absolute Gasteiger partial charge is 0.0596 e. The number of rotatable bonds is 3. The lowest BCUT2D eigenvalue weighted by Crippen LogP contribution is -2.46. The molecule has 0 bridgehead atoms. The molecule has 1 aliphatic rings. The molecule has 1 aliphatic heterocycles. The van der Waals surface area contributed by atoms with Crippen LogP contribution in [0.5, 0.6) is 0 Å². The number of benzene rings is 1. The number of aliphatic hydroxyl groups excluding tert-OH is 1. The van der Waals surface area contributed by atoms with E-state index in [1.807, 2.05) is 6.07 Å². The van der Waals surface area contributed by atoms with Crippen molar-refractivity contribution in [3.05, 3.63) is 35.9 Å². The van der Waals surface area contributed by atoms with E-state index in [9.17, 15) is 5.11 Å². The fourth-order valence-corrected chi connectivity index (χ4v) is 2.63. The van der Waals surface area contributed by atoms with Crippen molar-refractivity contribution >= 4 is 0 Å². The first kappa shape index (κ1) is 12.6. The molecular formula is C15H23NO. The van der Waals surface area contributed by atoms with E-state index in [1.165, 1.54) is 5.56 Å². The SMILES string of the molecule is CC(C)N1CC[C@H](O)[C@H](Cc2ccccc2)C1. The molecule has 0 aliphatic carbocycles. The fourth-order valence-electron chi connectivity index (χ4n) is 2.63. The van der Waals surface area contributed by atoms with Gasteiger partial charge in [0.2, 0.25) is 0 Å². The van der Waals surface area contributed by atoms with Crippen molar-refractivity contribution in [1.29, 1.82) is 0 Å². The Kier molecular flexibility index (Phi) is 4.19. The summed E-state index contributed by atoms with van der Waals surface area (Å²) in [6.07, 6.45) is 1.77. The van der Waals surface area contributed by atoms with Gasteiger partial charge < -0.3 is 10.0 Å². The van der Waals surface area contributed by atoms with Crippen LogP contribution in [0.3, 0.4) is 0 Å². The Balaban J connectivity index is 1.99. The Labute approximate surface area is 104 Å². The monoisotopic (exact) mass is 233 g/mol. The second-order valence-corrected chi connectivity index (χ2v) is 5.39. The van der Waals surface area contributed by atoms with Gasteiger partial charge in [-0.1, -0.05) is 30.3 Å². The van der Waals surface area contributed by atoms with E-state index in [2.05, 4.69) is 43.0 Å². The molecule has 0 radical (unpaired) electrons. The average molecular weight is 233 g/mol. The largest absolute Gasteiger partial charge is 0.393 e. The van der Waals surface area contributed by atoms with Crippen molar-refractivity contribution in [2.24, 2.45) is 5.92 Å². The van der Waals surface area contributed by atoms with E-state index in [4.69, 9.17) is 0 Å². The highest BCUT2D eigenvalue weighted by Crippen LogP contribution is 2.22. The van der Waals surface area contributed by atoms with Gasteiger partial charge in [-0.25, -0.2) is 0 Å². The maximum absolute atomic E-state index is 10.1. The highest BCUT2D eigenvalue weighted by Gasteiger charge is 2.28. The van der Waals surface area contributed by atoms with Crippen molar-refractivity contribution in [2.75, 3.05) is 13.1 Å². The number of likely N-dealkylation sites (tertiary alicyclic amines) is 1. The van der Waals surface area contributed by atoms with Crippen molar-refractivity contribution in [3.63, 3.8) is 0 Å². The zero-order chi connectivity index (χ0) is 12.3. The molecule has 2 nitrogen and oxygen atoms in total. The van der Waals surface area contributed by atoms with Gasteiger partial charge in [0.05, 0.1) is 6.10 Å². The van der Waals surface area contributed by atoms with Gasteiger partial charge in [-0.05, 0) is 32.3 Å². The summed E-state index contributed by atoms with van der Waals surface area (Å²) in [5.41, 5.74) is 1.34. The second-order valence-electron chi connectivity index (χ2n) is 5.39. The molecule has 0 saturated carbocycles. The van der Waals surface area contributed by atoms with Gasteiger partial charge in [-0.2, -0.15) is 0 Å². The van der Waals surface area contributed by atoms with Crippen LogP contribution >= 0.6 is 0 Å². The molecule has 1 aromatic carbocycles. The van der Waals surface area contributed by atoms with Crippen molar-refractivity contribution in [3.8, 4) is 0 Å². The molecule has 94 valence electrons. The summed E-state index contributed by atoms with van der Waals surface area (Å²) in [4.78, 5) is 2.47. The minimum Gasteiger partial charge on any atom is -0.393 e. The Morgan fingerprint density at radius 2 is 2.00 bits per heavy atom. The first-order valence-corrected chi connectivity index (χ1v) is 6.63. The number of piperidine rings is 1. The van der Waals surface area contributed by atoms with E-state index in [0.717, 1.165) is 25.9 Å². The number of hydrogen-bond acceptors (Lipinski definition) is 2. The zero-order valence-corrected chi connectivity index (χ0v) is 10.8. The molecule has 0 unspecified atom stereocenters. The topological polar surface area (TPSA) is 23.5 Å². The quantitative estimate of drug-likeness (QED) is 0.866. The molecule has 1 aromatic rings. The van der Waals surface area contributed by atoms with E-state index in [1.54, 1.807) is 0 Å². The Bertz CT molecular complexity index is 336. The van der Waals surface area contributed by atoms with Crippen LogP contribution in [0.1, 0.15) is 25.8 Å². The first-order chi connectivity index (χ1) is 8.16. The van der Waals surface area contributed by atoms with Crippen LogP contribution in [-0.2, 0) is 6.42 Å². The van der Waals surface area contributed by atoms with Crippen LogP contribution in [0.25, 0.3) is 0 Å². The van der Waals surface area contributed by atoms with Gasteiger partial charge >= 0.3 is 0 Å². The van der Waals surface area contributed by atoms with Gasteiger partial charge in [-0.3, -0.25) is 0 Å². The zero-order valence-electron chi connectivity index (χ0n) is 10.8. The lowest BCUT2D eigenvalue weighted by molar-refractivity contribution is 0.0156. The third kappa shape index (κ3) is 3.30. The second kappa shape index (κ2) is 5.65. The van der Waals surface area contributed by atoms with E-state index < -0.39 is 0 Å². The highest BCUT2D eigenvalue weighted by molar-refractivity contribution is 5.15. The normalized spacial score (nSPS) is 26.4. The van der Waals surface area contributed by atoms with Gasteiger partial charge in [0.1, 0.15) is 0 Å². The molecule has 1 heterocycles. The van der Waals surface area contributed by atoms with Gasteiger partial charge in [-0.15, -0.1) is 0 Å². The predicted octanol–water partition coefficient (Wildman–Crippen LogP) is 2.32. The summed E-state index contributed by atoms with van der Waals surface area (Å²) in [7, 11) is 0. The summed E-state index contributed by atoms with van der Waals surface area (Å²) in [5.74, 6) is 0.383. The Morgan fingerprint density at radius 1 is 1.29 bits per heavy atom. The molecular weight excluding hydrogens is 210 g/mol. The van der Waals surface area contributed by atoms with Crippen molar-refractivity contribution < 1.29 is 5.11 Å². The maximum atomic E-state index is 10.1. The lowest BCUT2D eigenvalue weighted by atomic mass is 9.88. The molecule has 1 fully saturated rings. The van der Waals surface area contributed by atoms with E-state index >= 15 is 0 Å². The number of hydrogen-bond donors (Lipinski definition) is 1. The molecule has 2 heteroatoms. The standard InChI is InChI=1S/C15H23NO/c1-12(2)16-9-8-15(17)14(11-16)10-13-6-4-3-5-7-13/h3-7,12,14-15,17H,8-11H2,1-2H3/t14-,15+/m1/s1. The molecule has 0 amide bonds. The number of nitrogens with zero attached hydrogens (tertiary/aromatic N) is 1. The summed E-state index contributed by atoms with van der Waals surface area (Å²) >= 11 is 0. The molecule has 0 spiro atoms. The maximum Gasteiger partial charge on any atom is 0.0596 e. The van der Waals surface area contributed by atoms with Crippen LogP contribution in [-0.4, -0.2) is 35.2 Å². The fraction of sp³-hybridized carbons (Fsp3) is 0.600. The average Bonchev–Trinajstić information content (AvgIpc) is 2.33. The molecule has 1 saturated heterocycles. The van der Waals surface area contributed by atoms with Gasteiger partial charge in [0.15, 0.2) is 0 Å².